The van der Waals surface area contributed by atoms with E-state index in [-0.39, 0.29) is 12.1 Å². The molecule has 1 aliphatic carbocycles. The van der Waals surface area contributed by atoms with Crippen LogP contribution in [0.15, 0.2) is 12.7 Å². The number of rotatable bonds is 2. The maximum atomic E-state index is 10.7. The van der Waals surface area contributed by atoms with E-state index < -0.39 is 0 Å². The lowest BCUT2D eigenvalue weighted by Gasteiger charge is -2.26. The number of carbonyl (C=O) groups excluding carboxylic acids is 1. The zero-order valence-corrected chi connectivity index (χ0v) is 7.58. The van der Waals surface area contributed by atoms with Gasteiger partial charge < -0.3 is 4.74 Å². The molecule has 0 aliphatic heterocycles. The molecule has 1 saturated carbocycles. The van der Waals surface area contributed by atoms with E-state index in [1.54, 1.807) is 0 Å². The van der Waals surface area contributed by atoms with Gasteiger partial charge in [0.15, 0.2) is 0 Å². The highest BCUT2D eigenvalue weighted by molar-refractivity contribution is 5.66. The molecule has 1 aliphatic rings. The number of ether oxygens (including phenoxy) is 1. The van der Waals surface area contributed by atoms with Gasteiger partial charge in [-0.15, -0.1) is 6.58 Å². The van der Waals surface area contributed by atoms with E-state index in [9.17, 15) is 4.79 Å². The molecule has 0 aromatic heterocycles. The van der Waals surface area contributed by atoms with Gasteiger partial charge in [0.05, 0.1) is 0 Å². The van der Waals surface area contributed by atoms with Gasteiger partial charge in [-0.25, -0.2) is 0 Å². The van der Waals surface area contributed by atoms with Crippen LogP contribution < -0.4 is 0 Å². The maximum absolute atomic E-state index is 10.7. The Balaban J connectivity index is 2.35. The molecule has 0 bridgehead atoms. The molecule has 0 aromatic rings. The van der Waals surface area contributed by atoms with E-state index >= 15 is 0 Å². The van der Waals surface area contributed by atoms with Crippen molar-refractivity contribution in [3.63, 3.8) is 0 Å². The molecule has 0 aromatic carbocycles. The summed E-state index contributed by atoms with van der Waals surface area (Å²) in [7, 11) is 0. The van der Waals surface area contributed by atoms with Gasteiger partial charge in [-0.2, -0.15) is 0 Å². The van der Waals surface area contributed by atoms with Crippen LogP contribution in [0.25, 0.3) is 0 Å². The van der Waals surface area contributed by atoms with Gasteiger partial charge in [0.1, 0.15) is 6.10 Å². The number of hydrogen-bond acceptors (Lipinski definition) is 2. The highest BCUT2D eigenvalue weighted by Crippen LogP contribution is 2.26. The second kappa shape index (κ2) is 4.29. The first-order valence-electron chi connectivity index (χ1n) is 4.52. The fourth-order valence-electron chi connectivity index (χ4n) is 1.74. The lowest BCUT2D eigenvalue weighted by Crippen LogP contribution is -2.23. The summed E-state index contributed by atoms with van der Waals surface area (Å²) >= 11 is 0. The van der Waals surface area contributed by atoms with Gasteiger partial charge in [0.25, 0.3) is 0 Å². The third-order valence-electron chi connectivity index (χ3n) is 2.33. The molecular weight excluding hydrogens is 152 g/mol. The van der Waals surface area contributed by atoms with Crippen LogP contribution in [-0.4, -0.2) is 12.1 Å². The minimum atomic E-state index is -0.162. The average Bonchev–Trinajstić information content (AvgIpc) is 2.03. The summed E-state index contributed by atoms with van der Waals surface area (Å²) in [5.41, 5.74) is 0. The number of allylic oxidation sites excluding steroid dienone is 1. The zero-order chi connectivity index (χ0) is 8.97. The van der Waals surface area contributed by atoms with E-state index in [0.29, 0.717) is 5.92 Å². The molecule has 12 heavy (non-hydrogen) atoms. The second-order valence-corrected chi connectivity index (χ2v) is 3.39. The van der Waals surface area contributed by atoms with Crippen molar-refractivity contribution in [2.75, 3.05) is 0 Å². The standard InChI is InChI=1S/C10H16O2/c1-3-9-5-4-6-10(7-9)12-8(2)11/h3,9-10H,1,4-7H2,2H3/t9-,10-/m0/s1. The number of hydrogen-bond donors (Lipinski definition) is 0. The van der Waals surface area contributed by atoms with Crippen LogP contribution in [0.4, 0.5) is 0 Å². The first-order valence-corrected chi connectivity index (χ1v) is 4.52. The highest BCUT2D eigenvalue weighted by atomic mass is 16.5. The molecule has 0 saturated heterocycles. The Morgan fingerprint density at radius 2 is 2.33 bits per heavy atom. The monoisotopic (exact) mass is 168 g/mol. The summed E-state index contributed by atoms with van der Waals surface area (Å²) in [6.07, 6.45) is 6.43. The summed E-state index contributed by atoms with van der Waals surface area (Å²) in [5.74, 6) is 0.382. The summed E-state index contributed by atoms with van der Waals surface area (Å²) < 4.78 is 5.14. The van der Waals surface area contributed by atoms with Crippen molar-refractivity contribution in [2.45, 2.75) is 38.7 Å². The molecule has 0 N–H and O–H groups in total. The molecule has 1 rings (SSSR count). The van der Waals surface area contributed by atoms with E-state index in [1.807, 2.05) is 6.08 Å². The van der Waals surface area contributed by atoms with Gasteiger partial charge in [-0.3, -0.25) is 4.79 Å². The van der Waals surface area contributed by atoms with Crippen molar-refractivity contribution in [2.24, 2.45) is 5.92 Å². The lowest BCUT2D eigenvalue weighted by atomic mass is 9.87. The summed E-state index contributed by atoms with van der Waals surface area (Å²) in [5, 5.41) is 0. The Kier molecular flexibility index (Phi) is 3.32. The number of esters is 1. The second-order valence-electron chi connectivity index (χ2n) is 3.39. The summed E-state index contributed by atoms with van der Waals surface area (Å²) in [6.45, 7) is 5.23. The van der Waals surface area contributed by atoms with E-state index in [1.165, 1.54) is 13.3 Å². The fraction of sp³-hybridized carbons (Fsp3) is 0.700. The topological polar surface area (TPSA) is 26.3 Å². The molecule has 0 spiro atoms. The van der Waals surface area contributed by atoms with E-state index in [0.717, 1.165) is 19.3 Å². The molecule has 0 heterocycles. The molecule has 68 valence electrons. The van der Waals surface area contributed by atoms with E-state index in [4.69, 9.17) is 4.74 Å². The summed E-state index contributed by atoms with van der Waals surface area (Å²) in [4.78, 5) is 10.7. The fourth-order valence-corrected chi connectivity index (χ4v) is 1.74. The third-order valence-corrected chi connectivity index (χ3v) is 2.33. The molecule has 2 nitrogen and oxygen atoms in total. The molecule has 1 fully saturated rings. The minimum absolute atomic E-state index is 0.138. The summed E-state index contributed by atoms with van der Waals surface area (Å²) in [6, 6.07) is 0. The number of carbonyl (C=O) groups is 1. The Hall–Kier alpha value is -0.790. The third kappa shape index (κ3) is 2.68. The highest BCUT2D eigenvalue weighted by Gasteiger charge is 2.21. The van der Waals surface area contributed by atoms with Crippen molar-refractivity contribution in [1.29, 1.82) is 0 Å². The minimum Gasteiger partial charge on any atom is -0.463 e. The van der Waals surface area contributed by atoms with Crippen molar-refractivity contribution in [1.82, 2.24) is 0 Å². The zero-order valence-electron chi connectivity index (χ0n) is 7.58. The van der Waals surface area contributed by atoms with Gasteiger partial charge in [0, 0.05) is 6.92 Å². The van der Waals surface area contributed by atoms with Gasteiger partial charge >= 0.3 is 5.97 Å². The van der Waals surface area contributed by atoms with E-state index in [2.05, 4.69) is 6.58 Å². The van der Waals surface area contributed by atoms with Crippen molar-refractivity contribution in [3.8, 4) is 0 Å². The van der Waals surface area contributed by atoms with Crippen molar-refractivity contribution in [3.05, 3.63) is 12.7 Å². The van der Waals surface area contributed by atoms with Crippen LogP contribution in [0.5, 0.6) is 0 Å². The molecule has 0 unspecified atom stereocenters. The predicted octanol–water partition coefficient (Wildman–Crippen LogP) is 2.29. The van der Waals surface area contributed by atoms with Crippen LogP contribution in [0.3, 0.4) is 0 Å². The van der Waals surface area contributed by atoms with Crippen LogP contribution >= 0.6 is 0 Å². The smallest absolute Gasteiger partial charge is 0.302 e. The van der Waals surface area contributed by atoms with Gasteiger partial charge in [0.2, 0.25) is 0 Å². The van der Waals surface area contributed by atoms with Gasteiger partial charge in [-0.1, -0.05) is 6.08 Å². The average molecular weight is 168 g/mol. The molecular formula is C10H16O2. The Morgan fingerprint density at radius 1 is 1.58 bits per heavy atom. The quantitative estimate of drug-likeness (QED) is 0.467. The lowest BCUT2D eigenvalue weighted by molar-refractivity contribution is -0.148. The molecule has 0 radical (unpaired) electrons. The molecule has 2 heteroatoms. The Labute approximate surface area is 73.6 Å². The SMILES string of the molecule is C=C[C@H]1CCC[C@H](OC(C)=O)C1. The van der Waals surface area contributed by atoms with Crippen LogP contribution in [0, 0.1) is 5.92 Å². The first kappa shape index (κ1) is 9.30. The van der Waals surface area contributed by atoms with Crippen LogP contribution in [0.1, 0.15) is 32.6 Å². The molecule has 2 atom stereocenters. The Morgan fingerprint density at radius 3 is 2.92 bits per heavy atom. The first-order chi connectivity index (χ1) is 5.72. The van der Waals surface area contributed by atoms with Crippen LogP contribution in [-0.2, 0) is 9.53 Å². The van der Waals surface area contributed by atoms with Gasteiger partial charge in [-0.05, 0) is 31.6 Å². The predicted molar refractivity (Wildman–Crippen MR) is 47.7 cm³/mol. The van der Waals surface area contributed by atoms with Crippen molar-refractivity contribution >= 4 is 5.97 Å². The Bertz CT molecular complexity index is 175. The maximum Gasteiger partial charge on any atom is 0.302 e. The van der Waals surface area contributed by atoms with Crippen LogP contribution in [0.2, 0.25) is 0 Å². The normalized spacial score (nSPS) is 29.4. The molecule has 0 amide bonds. The van der Waals surface area contributed by atoms with Crippen molar-refractivity contribution < 1.29 is 9.53 Å². The largest absolute Gasteiger partial charge is 0.463 e.